The van der Waals surface area contributed by atoms with Gasteiger partial charge in [0, 0.05) is 13.2 Å². The summed E-state index contributed by atoms with van der Waals surface area (Å²) in [6.07, 6.45) is 0.952. The number of nitrogens with one attached hydrogen (secondary N) is 1. The lowest BCUT2D eigenvalue weighted by Gasteiger charge is -2.33. The van der Waals surface area contributed by atoms with E-state index in [4.69, 9.17) is 14.2 Å². The number of ether oxygens (including phenoxy) is 3. The second-order valence-corrected chi connectivity index (χ2v) is 2.91. The van der Waals surface area contributed by atoms with Gasteiger partial charge in [0.1, 0.15) is 0 Å². The van der Waals surface area contributed by atoms with Crippen molar-refractivity contribution in [1.29, 1.82) is 0 Å². The van der Waals surface area contributed by atoms with Crippen molar-refractivity contribution >= 4 is 0 Å². The second-order valence-electron chi connectivity index (χ2n) is 2.91. The molecule has 0 aromatic carbocycles. The largest absolute Gasteiger partial charge is 0.380 e. The molecular weight excluding hydrogens is 158 g/mol. The van der Waals surface area contributed by atoms with Crippen LogP contribution in [0, 0.1) is 0 Å². The second kappa shape index (κ2) is 4.77. The number of methoxy groups -OCH3 is 1. The van der Waals surface area contributed by atoms with Gasteiger partial charge in [-0.05, 0) is 13.3 Å². The minimum atomic E-state index is -0.229. The molecule has 12 heavy (non-hydrogen) atoms. The Bertz CT molecular complexity index is 127. The summed E-state index contributed by atoms with van der Waals surface area (Å²) in [7, 11) is 1.71. The van der Waals surface area contributed by atoms with E-state index in [1.807, 2.05) is 6.92 Å². The third kappa shape index (κ3) is 2.42. The number of rotatable bonds is 5. The molecule has 1 saturated heterocycles. The maximum Gasteiger partial charge on any atom is 0.220 e. The SMILES string of the molecule is CC[C@@H](NC1OCO1)[C@H](C)OC. The van der Waals surface area contributed by atoms with Gasteiger partial charge in [0.2, 0.25) is 6.41 Å². The van der Waals surface area contributed by atoms with Gasteiger partial charge in [0.15, 0.2) is 6.79 Å². The molecule has 0 radical (unpaired) electrons. The fourth-order valence-corrected chi connectivity index (χ4v) is 1.16. The molecule has 72 valence electrons. The summed E-state index contributed by atoms with van der Waals surface area (Å²) in [6.45, 7) is 4.53. The van der Waals surface area contributed by atoms with Crippen molar-refractivity contribution in [2.24, 2.45) is 0 Å². The summed E-state index contributed by atoms with van der Waals surface area (Å²) in [5.74, 6) is 0. The molecule has 1 aliphatic heterocycles. The van der Waals surface area contributed by atoms with E-state index in [0.29, 0.717) is 12.8 Å². The Morgan fingerprint density at radius 3 is 2.58 bits per heavy atom. The molecule has 0 aromatic heterocycles. The highest BCUT2D eigenvalue weighted by atomic mass is 16.9. The van der Waals surface area contributed by atoms with E-state index in [1.54, 1.807) is 7.11 Å². The van der Waals surface area contributed by atoms with Crippen molar-refractivity contribution in [3.8, 4) is 0 Å². The van der Waals surface area contributed by atoms with Crippen molar-refractivity contribution in [3.05, 3.63) is 0 Å². The topological polar surface area (TPSA) is 39.7 Å². The van der Waals surface area contributed by atoms with Crippen LogP contribution < -0.4 is 5.32 Å². The number of hydrogen-bond acceptors (Lipinski definition) is 4. The first-order valence-electron chi connectivity index (χ1n) is 4.30. The Morgan fingerprint density at radius 2 is 2.25 bits per heavy atom. The van der Waals surface area contributed by atoms with Crippen LogP contribution in [-0.4, -0.2) is 32.5 Å². The first-order valence-corrected chi connectivity index (χ1v) is 4.30. The normalized spacial score (nSPS) is 23.2. The highest BCUT2D eigenvalue weighted by Gasteiger charge is 2.24. The molecule has 0 unspecified atom stereocenters. The van der Waals surface area contributed by atoms with Crippen LogP contribution in [0.1, 0.15) is 20.3 Å². The average Bonchev–Trinajstić information content (AvgIpc) is 2.02. The van der Waals surface area contributed by atoms with Crippen LogP contribution in [0.3, 0.4) is 0 Å². The van der Waals surface area contributed by atoms with Crippen LogP contribution in [0.2, 0.25) is 0 Å². The summed E-state index contributed by atoms with van der Waals surface area (Å²) in [4.78, 5) is 0. The summed E-state index contributed by atoms with van der Waals surface area (Å²) in [6, 6.07) is 0.292. The summed E-state index contributed by atoms with van der Waals surface area (Å²) in [5.41, 5.74) is 0. The summed E-state index contributed by atoms with van der Waals surface area (Å²) >= 11 is 0. The van der Waals surface area contributed by atoms with Gasteiger partial charge in [-0.2, -0.15) is 0 Å². The summed E-state index contributed by atoms with van der Waals surface area (Å²) in [5, 5.41) is 3.18. The molecule has 0 aromatic rings. The summed E-state index contributed by atoms with van der Waals surface area (Å²) < 4.78 is 15.3. The molecule has 1 N–H and O–H groups in total. The minimum Gasteiger partial charge on any atom is -0.380 e. The van der Waals surface area contributed by atoms with Gasteiger partial charge in [-0.1, -0.05) is 6.92 Å². The molecule has 1 fully saturated rings. The molecule has 0 aliphatic carbocycles. The molecule has 0 bridgehead atoms. The van der Waals surface area contributed by atoms with Crippen molar-refractivity contribution in [2.75, 3.05) is 13.9 Å². The van der Waals surface area contributed by atoms with E-state index in [2.05, 4.69) is 12.2 Å². The van der Waals surface area contributed by atoms with E-state index < -0.39 is 0 Å². The maximum atomic E-state index is 5.20. The Kier molecular flexibility index (Phi) is 3.94. The van der Waals surface area contributed by atoms with E-state index in [9.17, 15) is 0 Å². The van der Waals surface area contributed by atoms with Crippen LogP contribution in [0.25, 0.3) is 0 Å². The Hall–Kier alpha value is -0.160. The van der Waals surface area contributed by atoms with Gasteiger partial charge in [0.25, 0.3) is 0 Å². The highest BCUT2D eigenvalue weighted by Crippen LogP contribution is 2.08. The lowest BCUT2D eigenvalue weighted by atomic mass is 10.1. The van der Waals surface area contributed by atoms with Gasteiger partial charge in [0.05, 0.1) is 6.10 Å². The molecule has 4 nitrogen and oxygen atoms in total. The standard InChI is InChI=1S/C8H17NO3/c1-4-7(6(2)10-3)9-8-11-5-12-8/h6-9H,4-5H2,1-3H3/t6-,7+/m0/s1. The molecule has 0 spiro atoms. The maximum absolute atomic E-state index is 5.20. The Morgan fingerprint density at radius 1 is 1.58 bits per heavy atom. The van der Waals surface area contributed by atoms with Crippen LogP contribution in [0.4, 0.5) is 0 Å². The molecule has 0 amide bonds. The van der Waals surface area contributed by atoms with Crippen LogP contribution >= 0.6 is 0 Å². The molecule has 1 aliphatic rings. The predicted octanol–water partition coefficient (Wildman–Crippen LogP) is 0.677. The lowest BCUT2D eigenvalue weighted by Crippen LogP contribution is -2.51. The monoisotopic (exact) mass is 175 g/mol. The third-order valence-corrected chi connectivity index (χ3v) is 2.17. The van der Waals surface area contributed by atoms with Gasteiger partial charge < -0.3 is 14.2 Å². The Balaban J connectivity index is 2.23. The first kappa shape index (κ1) is 9.92. The highest BCUT2D eigenvalue weighted by molar-refractivity contribution is 4.72. The van der Waals surface area contributed by atoms with Crippen molar-refractivity contribution in [3.63, 3.8) is 0 Å². The molecule has 4 heteroatoms. The first-order chi connectivity index (χ1) is 5.77. The average molecular weight is 175 g/mol. The van der Waals surface area contributed by atoms with Crippen molar-refractivity contribution in [2.45, 2.75) is 38.8 Å². The van der Waals surface area contributed by atoms with Crippen LogP contribution in [0.15, 0.2) is 0 Å². The number of hydrogen-bond donors (Lipinski definition) is 1. The zero-order chi connectivity index (χ0) is 8.97. The van der Waals surface area contributed by atoms with Crippen LogP contribution in [-0.2, 0) is 14.2 Å². The molecule has 0 saturated carbocycles. The van der Waals surface area contributed by atoms with Crippen molar-refractivity contribution < 1.29 is 14.2 Å². The fraction of sp³-hybridized carbons (Fsp3) is 1.00. The molecule has 2 atom stereocenters. The smallest absolute Gasteiger partial charge is 0.220 e. The van der Waals surface area contributed by atoms with Gasteiger partial charge in [-0.15, -0.1) is 0 Å². The van der Waals surface area contributed by atoms with Gasteiger partial charge >= 0.3 is 0 Å². The van der Waals surface area contributed by atoms with Gasteiger partial charge in [-0.3, -0.25) is 5.32 Å². The zero-order valence-electron chi connectivity index (χ0n) is 7.87. The Labute approximate surface area is 73.2 Å². The van der Waals surface area contributed by atoms with E-state index >= 15 is 0 Å². The van der Waals surface area contributed by atoms with E-state index in [0.717, 1.165) is 6.42 Å². The molecule has 1 rings (SSSR count). The zero-order valence-corrected chi connectivity index (χ0v) is 7.87. The van der Waals surface area contributed by atoms with Crippen LogP contribution in [0.5, 0.6) is 0 Å². The van der Waals surface area contributed by atoms with E-state index in [-0.39, 0.29) is 12.5 Å². The van der Waals surface area contributed by atoms with E-state index in [1.165, 1.54) is 0 Å². The van der Waals surface area contributed by atoms with Gasteiger partial charge in [-0.25, -0.2) is 0 Å². The predicted molar refractivity (Wildman–Crippen MR) is 44.5 cm³/mol. The molecule has 1 heterocycles. The third-order valence-electron chi connectivity index (χ3n) is 2.17. The van der Waals surface area contributed by atoms with Crippen molar-refractivity contribution in [1.82, 2.24) is 5.32 Å². The minimum absolute atomic E-state index is 0.183. The quantitative estimate of drug-likeness (QED) is 0.667. The molecular formula is C8H17NO3. The lowest BCUT2D eigenvalue weighted by molar-refractivity contribution is -0.337. The fourth-order valence-electron chi connectivity index (χ4n) is 1.16.